The summed E-state index contributed by atoms with van der Waals surface area (Å²) in [6.07, 6.45) is -5.65. The average molecular weight is 1510 g/mol. The Morgan fingerprint density at radius 2 is 0.741 bits per heavy atom. The molecule has 3 amide bonds. The zero-order chi connectivity index (χ0) is 65.3. The Morgan fingerprint density at radius 3 is 0.938 bits per heavy atom. The number of hydrogen-bond acceptors (Lipinski definition) is 12. The van der Waals surface area contributed by atoms with Crippen molar-refractivity contribution in [3.05, 3.63) is 150 Å². The van der Waals surface area contributed by atoms with Gasteiger partial charge < -0.3 is 16.0 Å². The minimum atomic E-state index is -4.47. The second-order valence-corrected chi connectivity index (χ2v) is 29.3. The lowest BCUT2D eigenvalue weighted by atomic mass is 10.1. The first kappa shape index (κ1) is 57.0. The van der Waals surface area contributed by atoms with Crippen LogP contribution < -0.4 is 30.1 Å². The molecule has 6 heterocycles. The molecule has 444 valence electrons. The number of benzene rings is 3. The SMILES string of the molecule is C.C.C.[2H]C1C([2H])(c2ccc(Br)s2)NS(=O)(=O)N(C)C1([2H])C(=O)Nc1ccc(F)c(Cl)c1.[2H]C1[C@]([2H])(C(=O)Nc2ccc(F)c(Cl)c2)N(C)S(=O)(=O)N[C@]1([2H])c1ccc(Br)s1.[2H]C1[C@]([2H])(c2ccc(Br)s2)NS(=O)(=O)N(C)[C@]1([2H])C(=O)Nc1ccc(F)c(Cl)c1. The van der Waals surface area contributed by atoms with E-state index in [-0.39, 0.29) is 69.0 Å². The van der Waals surface area contributed by atoms with Crippen LogP contribution in [-0.2, 0) is 45.0 Å². The molecule has 3 aliphatic heterocycles. The summed E-state index contributed by atoms with van der Waals surface area (Å²) in [5.41, 5.74) is 0.0389. The summed E-state index contributed by atoms with van der Waals surface area (Å²) < 4.78 is 202. The molecule has 0 aliphatic carbocycles. The summed E-state index contributed by atoms with van der Waals surface area (Å²) >= 11 is 29.7. The first-order valence-corrected chi connectivity index (χ1v) is 31.4. The number of anilines is 3. The van der Waals surface area contributed by atoms with Crippen molar-refractivity contribution in [2.45, 2.75) is 77.6 Å². The van der Waals surface area contributed by atoms with E-state index in [9.17, 15) is 52.8 Å². The zero-order valence-corrected chi connectivity index (χ0v) is 51.2. The van der Waals surface area contributed by atoms with Gasteiger partial charge in [-0.25, -0.2) is 13.2 Å². The normalized spacial score (nSPS) is 31.9. The highest BCUT2D eigenvalue weighted by Gasteiger charge is 2.44. The summed E-state index contributed by atoms with van der Waals surface area (Å²) in [5, 5.41) is 6.03. The standard InChI is InChI=1S/3C15H14BrClFN3O3S2.3CH4/c3*1-21-12(15(22)19-8-2-3-10(18)9(17)6-8)7-11(20-26(21,23)24)13-4-5-14(16)25-13;;;/h3*2-6,11-12,20H,7H2,1H3,(H,19,22);3*1H4/t2*11-,12+;;;;/m10..../s1/i3*7D,11D,12D;;;/t2*7?,11-,12+;;;;. The van der Waals surface area contributed by atoms with Crippen molar-refractivity contribution in [1.82, 2.24) is 27.1 Å². The molecule has 5 unspecified atom stereocenters. The van der Waals surface area contributed by atoms with E-state index in [1.165, 1.54) is 36.4 Å². The molecule has 3 fully saturated rings. The van der Waals surface area contributed by atoms with Crippen LogP contribution in [0.25, 0.3) is 0 Å². The molecule has 3 saturated heterocycles. The number of halogens is 9. The molecule has 6 N–H and O–H groups in total. The number of hydrogen-bond donors (Lipinski definition) is 6. The molecule has 0 saturated carbocycles. The summed E-state index contributed by atoms with van der Waals surface area (Å²) in [6.45, 7) is 0. The Labute approximate surface area is 534 Å². The first-order valence-electron chi connectivity index (χ1n) is 25.9. The van der Waals surface area contributed by atoms with Crippen molar-refractivity contribution in [2.75, 3.05) is 37.1 Å². The minimum absolute atomic E-state index is 0. The molecular formula is C48H54Br3Cl3F3N9O9S6. The van der Waals surface area contributed by atoms with Crippen LogP contribution in [0.3, 0.4) is 0 Å². The Hall–Kier alpha value is -3.12. The van der Waals surface area contributed by atoms with Crippen LogP contribution in [0.2, 0.25) is 15.1 Å². The second-order valence-electron chi connectivity index (χ2n) is 15.6. The van der Waals surface area contributed by atoms with Crippen LogP contribution in [0.15, 0.2) is 102 Å². The van der Waals surface area contributed by atoms with Gasteiger partial charge >= 0.3 is 0 Å². The lowest BCUT2D eigenvalue weighted by Gasteiger charge is -2.35. The van der Waals surface area contributed by atoms with Crippen LogP contribution >= 0.6 is 117 Å². The molecule has 0 radical (unpaired) electrons. The number of thiophene rings is 3. The smallest absolute Gasteiger partial charge is 0.280 e. The quantitative estimate of drug-likeness (QED) is 0.0806. The maximum atomic E-state index is 13.3. The number of carbonyl (C=O) groups excluding carboxylic acids is 3. The Morgan fingerprint density at radius 1 is 0.506 bits per heavy atom. The highest BCUT2D eigenvalue weighted by Crippen LogP contribution is 2.38. The van der Waals surface area contributed by atoms with Gasteiger partial charge in [0.25, 0.3) is 30.6 Å². The van der Waals surface area contributed by atoms with Crippen molar-refractivity contribution in [2.24, 2.45) is 0 Å². The van der Waals surface area contributed by atoms with Gasteiger partial charge in [-0.05, 0) is 158 Å². The van der Waals surface area contributed by atoms with Gasteiger partial charge in [0.1, 0.15) is 35.5 Å². The van der Waals surface area contributed by atoms with E-state index >= 15 is 0 Å². The van der Waals surface area contributed by atoms with E-state index in [0.29, 0.717) is 24.3 Å². The molecule has 18 nitrogen and oxygen atoms in total. The number of amides is 3. The molecule has 6 aromatic rings. The van der Waals surface area contributed by atoms with E-state index in [2.05, 4.69) is 77.9 Å². The van der Waals surface area contributed by atoms with Gasteiger partial charge in [0.2, 0.25) is 17.7 Å². The first-order chi connectivity index (χ1) is 40.0. The van der Waals surface area contributed by atoms with E-state index in [4.69, 9.17) is 47.1 Å². The maximum absolute atomic E-state index is 13.3. The predicted octanol–water partition coefficient (Wildman–Crippen LogP) is 12.5. The molecule has 9 rings (SSSR count). The van der Waals surface area contributed by atoms with Crippen LogP contribution in [0, 0.1) is 17.5 Å². The van der Waals surface area contributed by atoms with Gasteiger partial charge in [0.15, 0.2) is 0 Å². The van der Waals surface area contributed by atoms with Gasteiger partial charge in [0, 0.05) is 56.9 Å². The third-order valence-electron chi connectivity index (χ3n) is 10.4. The summed E-state index contributed by atoms with van der Waals surface area (Å²) in [5.74, 6) is -5.71. The fourth-order valence-electron chi connectivity index (χ4n) is 6.46. The summed E-state index contributed by atoms with van der Waals surface area (Å²) in [6, 6.07) is 3.86. The minimum Gasteiger partial charge on any atom is -0.325 e. The molecule has 81 heavy (non-hydrogen) atoms. The van der Waals surface area contributed by atoms with E-state index in [0.717, 1.165) is 91.6 Å². The largest absolute Gasteiger partial charge is 0.325 e. The lowest BCUT2D eigenvalue weighted by Crippen LogP contribution is -2.55. The fraction of sp³-hybridized carbons (Fsp3) is 0.312. The average Bonchev–Trinajstić information content (AvgIpc) is 0.969. The molecule has 9 atom stereocenters. The predicted molar refractivity (Wildman–Crippen MR) is 329 cm³/mol. The second kappa shape index (κ2) is 29.3. The zero-order valence-electron chi connectivity index (χ0n) is 48.3. The van der Waals surface area contributed by atoms with Crippen LogP contribution in [0.1, 0.15) is 86.5 Å². The molecule has 0 bridgehead atoms. The van der Waals surface area contributed by atoms with Crippen LogP contribution in [0.5, 0.6) is 0 Å². The lowest BCUT2D eigenvalue weighted by molar-refractivity contribution is -0.120. The van der Waals surface area contributed by atoms with Crippen molar-refractivity contribution in [3.63, 3.8) is 0 Å². The molecule has 3 aliphatic rings. The van der Waals surface area contributed by atoms with Crippen molar-refractivity contribution in [3.8, 4) is 0 Å². The summed E-state index contributed by atoms with van der Waals surface area (Å²) in [7, 11) is -10.5. The Bertz CT molecular complexity index is 3680. The maximum Gasteiger partial charge on any atom is 0.280 e. The van der Waals surface area contributed by atoms with Gasteiger partial charge in [-0.3, -0.25) is 14.4 Å². The Kier molecular flexibility index (Phi) is 20.6. The molecule has 3 aromatic heterocycles. The van der Waals surface area contributed by atoms with Crippen molar-refractivity contribution < 1.29 is 65.1 Å². The number of carbonyl (C=O) groups is 3. The fourth-order valence-corrected chi connectivity index (χ4v) is 14.2. The molecular weight excluding hydrogens is 1440 g/mol. The van der Waals surface area contributed by atoms with E-state index in [1.54, 1.807) is 18.2 Å². The molecule has 0 spiro atoms. The molecule has 33 heteroatoms. The van der Waals surface area contributed by atoms with E-state index in [1.807, 2.05) is 0 Å². The van der Waals surface area contributed by atoms with Gasteiger partial charge in [-0.2, -0.15) is 52.3 Å². The molecule has 3 aromatic carbocycles. The highest BCUT2D eigenvalue weighted by molar-refractivity contribution is 9.11. The van der Waals surface area contributed by atoms with Gasteiger partial charge in [0.05, 0.1) is 52.7 Å². The third kappa shape index (κ3) is 17.7. The monoisotopic (exact) mass is 1500 g/mol. The third-order valence-corrected chi connectivity index (χ3v) is 20.4. The summed E-state index contributed by atoms with van der Waals surface area (Å²) in [4.78, 5) is 39.2. The highest BCUT2D eigenvalue weighted by atomic mass is 79.9. The number of nitrogens with one attached hydrogen (secondary N) is 6. The van der Waals surface area contributed by atoms with Gasteiger partial charge in [-0.1, -0.05) is 57.1 Å². The number of likely N-dealkylation sites (N-methyl/N-ethyl adjacent to an activating group) is 3. The van der Waals surface area contributed by atoms with Crippen LogP contribution in [-0.4, -0.2) is 95.1 Å². The van der Waals surface area contributed by atoms with Gasteiger partial charge in [-0.15, -0.1) is 34.0 Å². The van der Waals surface area contributed by atoms with Crippen LogP contribution in [0.4, 0.5) is 30.2 Å². The number of nitrogens with zero attached hydrogens (tertiary/aromatic N) is 3. The van der Waals surface area contributed by atoms with E-state index < -0.39 is 121 Å². The van der Waals surface area contributed by atoms with Crippen molar-refractivity contribution in [1.29, 1.82) is 0 Å². The Balaban J connectivity index is 0.000000284. The number of rotatable bonds is 9. The van der Waals surface area contributed by atoms with Crippen molar-refractivity contribution >= 4 is 182 Å². The topological polar surface area (TPSA) is 236 Å².